The number of phenols is 7. The van der Waals surface area contributed by atoms with Gasteiger partial charge in [-0.1, -0.05) is 24.3 Å². The third-order valence-corrected chi connectivity index (χ3v) is 8.42. The summed E-state index contributed by atoms with van der Waals surface area (Å²) < 4.78 is 26.7. The molecule has 7 N–H and O–H groups in total. The maximum Gasteiger partial charge on any atom is 0.347 e. The van der Waals surface area contributed by atoms with Gasteiger partial charge in [0.15, 0.2) is 46.0 Å². The van der Waals surface area contributed by atoms with Crippen molar-refractivity contribution in [3.8, 4) is 46.0 Å². The summed E-state index contributed by atoms with van der Waals surface area (Å²) in [6.45, 7) is 0. The minimum atomic E-state index is -1.60. The number of carbonyl (C=O) groups is 4. The highest BCUT2D eigenvalue weighted by Gasteiger charge is 2.46. The summed E-state index contributed by atoms with van der Waals surface area (Å²) in [6.07, 6.45) is -2.82. The molecule has 0 aromatic heterocycles. The number of carbonyl (C=O) groups excluding carboxylic acids is 4. The average Bonchev–Trinajstić information content (AvgIpc) is 3.56. The fourth-order valence-corrected chi connectivity index (χ4v) is 5.74. The molecule has 16 heteroatoms. The number of methoxy groups -OCH3 is 2. The first-order chi connectivity index (χ1) is 25.7. The van der Waals surface area contributed by atoms with Gasteiger partial charge < -0.3 is 59.4 Å². The van der Waals surface area contributed by atoms with Crippen LogP contribution in [0.5, 0.6) is 46.0 Å². The van der Waals surface area contributed by atoms with Crippen LogP contribution in [0.15, 0.2) is 72.8 Å². The lowest BCUT2D eigenvalue weighted by Crippen LogP contribution is -2.33. The quantitative estimate of drug-likeness (QED) is 0.0474. The van der Waals surface area contributed by atoms with Crippen molar-refractivity contribution in [2.45, 2.75) is 37.1 Å². The Balaban J connectivity index is 1.49. The molecular formula is C38H34O16. The molecule has 4 aromatic carbocycles. The van der Waals surface area contributed by atoms with Gasteiger partial charge in [0.1, 0.15) is 12.0 Å². The van der Waals surface area contributed by atoms with Crippen molar-refractivity contribution in [1.82, 2.24) is 0 Å². The molecule has 0 bridgehead atoms. The van der Waals surface area contributed by atoms with Crippen LogP contribution in [0.25, 0.3) is 6.08 Å². The van der Waals surface area contributed by atoms with E-state index in [1.165, 1.54) is 54.6 Å². The van der Waals surface area contributed by atoms with Gasteiger partial charge in [0, 0.05) is 24.5 Å². The van der Waals surface area contributed by atoms with Crippen LogP contribution in [0.3, 0.4) is 0 Å². The van der Waals surface area contributed by atoms with Crippen LogP contribution in [0, 0.1) is 0 Å². The highest BCUT2D eigenvalue weighted by atomic mass is 16.6. The number of aromatic hydroxyl groups is 7. The van der Waals surface area contributed by atoms with Gasteiger partial charge in [-0.25, -0.2) is 14.4 Å². The van der Waals surface area contributed by atoms with Crippen LogP contribution in [0.4, 0.5) is 0 Å². The highest BCUT2D eigenvalue weighted by molar-refractivity contribution is 5.92. The normalized spacial score (nSPS) is 15.7. The van der Waals surface area contributed by atoms with E-state index in [0.29, 0.717) is 5.56 Å². The second-order valence-electron chi connectivity index (χ2n) is 12.0. The van der Waals surface area contributed by atoms with E-state index in [1.54, 1.807) is 0 Å². The molecule has 5 rings (SSSR count). The van der Waals surface area contributed by atoms with Crippen molar-refractivity contribution in [3.05, 3.63) is 101 Å². The van der Waals surface area contributed by atoms with Gasteiger partial charge in [0.2, 0.25) is 12.2 Å². The summed E-state index contributed by atoms with van der Waals surface area (Å²) in [4.78, 5) is 52.5. The summed E-state index contributed by atoms with van der Waals surface area (Å²) in [5, 5.41) is 70.2. The van der Waals surface area contributed by atoms with Crippen LogP contribution in [-0.2, 0) is 51.0 Å². The van der Waals surface area contributed by atoms with E-state index >= 15 is 0 Å². The standard InChI is InChI=1S/C38H34O16/c1-50-36(47)29(15-18-3-8-22(39)26(43)13-18)52-31(46)12-7-20-5-11-25(42)35-32(20)33(34(54-35)21-6-10-24(41)28(45)17-21)38(49)53-30(37(48)51-2)16-19-4-9-23(40)27(44)14-19/h3-14,17,29-30,33-34,39-45H,15-16H2,1-2H3/b12-7+/t29-,30+,33+,34-/m1/s1. The van der Waals surface area contributed by atoms with Gasteiger partial charge in [0.05, 0.1) is 14.2 Å². The molecular weight excluding hydrogens is 712 g/mol. The molecule has 0 fully saturated rings. The minimum Gasteiger partial charge on any atom is -0.504 e. The molecule has 1 aliphatic heterocycles. The van der Waals surface area contributed by atoms with Gasteiger partial charge in [-0.2, -0.15) is 0 Å². The summed E-state index contributed by atoms with van der Waals surface area (Å²) >= 11 is 0. The number of hydrogen-bond donors (Lipinski definition) is 7. The Morgan fingerprint density at radius 3 is 1.67 bits per heavy atom. The van der Waals surface area contributed by atoms with Gasteiger partial charge >= 0.3 is 23.9 Å². The molecule has 1 aliphatic rings. The second kappa shape index (κ2) is 16.1. The van der Waals surface area contributed by atoms with Crippen LogP contribution in [-0.4, -0.2) is 86.1 Å². The Hall–Kier alpha value is -7.10. The lowest BCUT2D eigenvalue weighted by atomic mass is 9.87. The van der Waals surface area contributed by atoms with Crippen molar-refractivity contribution >= 4 is 30.0 Å². The Morgan fingerprint density at radius 1 is 0.648 bits per heavy atom. The third kappa shape index (κ3) is 8.33. The van der Waals surface area contributed by atoms with E-state index in [4.69, 9.17) is 23.7 Å². The van der Waals surface area contributed by atoms with Gasteiger partial charge in [-0.05, 0) is 70.8 Å². The Morgan fingerprint density at radius 2 is 1.15 bits per heavy atom. The lowest BCUT2D eigenvalue weighted by Gasteiger charge is -2.22. The molecule has 4 aromatic rings. The molecule has 1 heterocycles. The average molecular weight is 747 g/mol. The first kappa shape index (κ1) is 38.1. The Labute approximate surface area is 306 Å². The number of fused-ring (bicyclic) bond motifs is 1. The van der Waals surface area contributed by atoms with E-state index in [2.05, 4.69) is 0 Å². The molecule has 54 heavy (non-hydrogen) atoms. The summed E-state index contributed by atoms with van der Waals surface area (Å²) in [5.74, 6) is -9.00. The maximum absolute atomic E-state index is 14.2. The fraction of sp³-hybridized carbons (Fsp3) is 0.211. The smallest absolute Gasteiger partial charge is 0.347 e. The SMILES string of the molecule is COC(=O)[C@H](Cc1ccc(O)c(O)c1)OC(=O)[C@H]1c2c(/C=C/C(=O)O[C@H](Cc3ccc(O)c(O)c3)C(=O)OC)ccc(O)c2O[C@@H]1c1ccc(O)c(O)c1. The van der Waals surface area contributed by atoms with Crippen LogP contribution >= 0.6 is 0 Å². The first-order valence-corrected chi connectivity index (χ1v) is 16.0. The number of benzene rings is 4. The van der Waals surface area contributed by atoms with Crippen molar-refractivity contribution in [2.24, 2.45) is 0 Å². The van der Waals surface area contributed by atoms with Crippen LogP contribution in [0.1, 0.15) is 39.8 Å². The second-order valence-corrected chi connectivity index (χ2v) is 12.0. The van der Waals surface area contributed by atoms with Crippen LogP contribution < -0.4 is 4.74 Å². The summed E-state index contributed by atoms with van der Waals surface area (Å²) in [5.41, 5.74) is 0.839. The fourth-order valence-electron chi connectivity index (χ4n) is 5.74. The minimum absolute atomic E-state index is 0.0170. The molecule has 282 valence electrons. The van der Waals surface area contributed by atoms with E-state index in [9.17, 15) is 54.9 Å². The number of hydrogen-bond acceptors (Lipinski definition) is 16. The summed E-state index contributed by atoms with van der Waals surface area (Å²) in [7, 11) is 2.14. The largest absolute Gasteiger partial charge is 0.504 e. The zero-order chi connectivity index (χ0) is 39.3. The molecule has 0 amide bonds. The molecule has 4 atom stereocenters. The van der Waals surface area contributed by atoms with Gasteiger partial charge in [0.25, 0.3) is 0 Å². The van der Waals surface area contributed by atoms with E-state index in [0.717, 1.165) is 38.5 Å². The van der Waals surface area contributed by atoms with E-state index in [-0.39, 0.29) is 40.8 Å². The topological polar surface area (TPSA) is 256 Å². The number of esters is 4. The molecule has 0 saturated heterocycles. The lowest BCUT2D eigenvalue weighted by molar-refractivity contribution is -0.167. The number of rotatable bonds is 12. The van der Waals surface area contributed by atoms with E-state index in [1.807, 2.05) is 0 Å². The predicted octanol–water partition coefficient (Wildman–Crippen LogP) is 3.51. The van der Waals surface area contributed by atoms with Gasteiger partial charge in [-0.15, -0.1) is 0 Å². The Kier molecular flexibility index (Phi) is 11.3. The first-order valence-electron chi connectivity index (χ1n) is 16.0. The van der Waals surface area contributed by atoms with Crippen molar-refractivity contribution < 1.29 is 78.6 Å². The summed E-state index contributed by atoms with van der Waals surface area (Å²) in [6, 6.07) is 13.6. The Bertz CT molecular complexity index is 2120. The van der Waals surface area contributed by atoms with E-state index < -0.39 is 88.4 Å². The van der Waals surface area contributed by atoms with Crippen molar-refractivity contribution in [3.63, 3.8) is 0 Å². The molecule has 0 aliphatic carbocycles. The monoisotopic (exact) mass is 746 g/mol. The molecule has 0 spiro atoms. The van der Waals surface area contributed by atoms with Crippen molar-refractivity contribution in [1.29, 1.82) is 0 Å². The van der Waals surface area contributed by atoms with Crippen LogP contribution in [0.2, 0.25) is 0 Å². The zero-order valence-electron chi connectivity index (χ0n) is 28.5. The third-order valence-electron chi connectivity index (χ3n) is 8.42. The number of phenolic OH excluding ortho intramolecular Hbond substituents is 7. The molecule has 0 saturated carbocycles. The molecule has 0 unspecified atom stereocenters. The number of ether oxygens (including phenoxy) is 5. The van der Waals surface area contributed by atoms with Gasteiger partial charge in [-0.3, -0.25) is 4.79 Å². The maximum atomic E-state index is 14.2. The van der Waals surface area contributed by atoms with Crippen molar-refractivity contribution in [2.75, 3.05) is 14.2 Å². The molecule has 16 nitrogen and oxygen atoms in total. The highest BCUT2D eigenvalue weighted by Crippen LogP contribution is 2.53. The molecule has 0 radical (unpaired) electrons. The predicted molar refractivity (Wildman–Crippen MR) is 184 cm³/mol. The zero-order valence-corrected chi connectivity index (χ0v) is 28.5.